The van der Waals surface area contributed by atoms with Gasteiger partial charge in [-0.2, -0.15) is 0 Å². The maximum absolute atomic E-state index is 12.5. The number of carboxylic acid groups (broad SMARTS) is 1. The van der Waals surface area contributed by atoms with E-state index in [4.69, 9.17) is 31.5 Å². The minimum absolute atomic E-state index is 0.185. The molecule has 2 aromatic carbocycles. The summed E-state index contributed by atoms with van der Waals surface area (Å²) in [5.41, 5.74) is 1.16. The maximum Gasteiger partial charge on any atom is 0.323 e. The molecule has 178 valence electrons. The highest BCUT2D eigenvalue weighted by atomic mass is 32.2. The first-order chi connectivity index (χ1) is 16.3. The van der Waals surface area contributed by atoms with Gasteiger partial charge in [0.2, 0.25) is 0 Å². The molecule has 1 saturated heterocycles. The number of anilines is 1. The molecule has 2 aromatic rings. The van der Waals surface area contributed by atoms with Gasteiger partial charge >= 0.3 is 5.97 Å². The smallest absolute Gasteiger partial charge is 0.323 e. The van der Waals surface area contributed by atoms with Gasteiger partial charge < -0.3 is 24.6 Å². The number of carbonyl (C=O) groups is 3. The molecule has 0 spiro atoms. The van der Waals surface area contributed by atoms with Crippen molar-refractivity contribution in [1.82, 2.24) is 4.90 Å². The lowest BCUT2D eigenvalue weighted by molar-refractivity contribution is -0.140. The van der Waals surface area contributed by atoms with E-state index in [0.717, 1.165) is 16.7 Å². The number of nitrogens with zero attached hydrogens (tertiary/aromatic N) is 1. The van der Waals surface area contributed by atoms with Crippen LogP contribution in [0.25, 0.3) is 6.08 Å². The van der Waals surface area contributed by atoms with Gasteiger partial charge in [-0.3, -0.25) is 19.3 Å². The molecule has 34 heavy (non-hydrogen) atoms. The van der Waals surface area contributed by atoms with E-state index in [-0.39, 0.29) is 16.8 Å². The van der Waals surface area contributed by atoms with Crippen molar-refractivity contribution in [3.05, 3.63) is 52.9 Å². The Morgan fingerprint density at radius 1 is 1.15 bits per heavy atom. The Morgan fingerprint density at radius 3 is 2.62 bits per heavy atom. The number of thioether (sulfide) groups is 1. The Bertz CT molecular complexity index is 1150. The Hall–Kier alpha value is -3.57. The van der Waals surface area contributed by atoms with Crippen molar-refractivity contribution in [2.24, 2.45) is 0 Å². The quantitative estimate of drug-likeness (QED) is 0.373. The summed E-state index contributed by atoms with van der Waals surface area (Å²) >= 11 is 6.14. The highest BCUT2D eigenvalue weighted by Crippen LogP contribution is 2.35. The predicted molar refractivity (Wildman–Crippen MR) is 132 cm³/mol. The molecule has 1 heterocycles. The summed E-state index contributed by atoms with van der Waals surface area (Å²) in [5, 5.41) is 11.7. The van der Waals surface area contributed by atoms with Crippen molar-refractivity contribution in [1.29, 1.82) is 0 Å². The van der Waals surface area contributed by atoms with Crippen molar-refractivity contribution in [2.75, 3.05) is 32.2 Å². The zero-order valence-corrected chi connectivity index (χ0v) is 20.0. The first kappa shape index (κ1) is 25.1. The van der Waals surface area contributed by atoms with Gasteiger partial charge in [-0.1, -0.05) is 42.2 Å². The third-order valence-corrected chi connectivity index (χ3v) is 5.85. The zero-order chi connectivity index (χ0) is 24.7. The molecule has 1 aliphatic rings. The third-order valence-electron chi connectivity index (χ3n) is 4.47. The summed E-state index contributed by atoms with van der Waals surface area (Å²) in [5.74, 6) is -0.715. The first-order valence-corrected chi connectivity index (χ1v) is 11.3. The van der Waals surface area contributed by atoms with Gasteiger partial charge in [0, 0.05) is 0 Å². The number of aliphatic carboxylic acids is 1. The largest absolute Gasteiger partial charge is 0.495 e. The summed E-state index contributed by atoms with van der Waals surface area (Å²) in [6, 6.07) is 12.0. The number of rotatable bonds is 10. The highest BCUT2D eigenvalue weighted by Gasteiger charge is 2.33. The molecule has 0 bridgehead atoms. The standard InChI is InChI=1S/C23H22N2O7S2/c1-3-31-18-10-14(11-19-22(29)25(12-21(27)28)23(33)34-19)8-9-17(18)32-13-20(26)24-15-6-4-5-7-16(15)30-2/h4-11H,3,12-13H2,1-2H3,(H,24,26)(H,27,28)/b19-11+. The summed E-state index contributed by atoms with van der Waals surface area (Å²) in [4.78, 5) is 37.1. The van der Waals surface area contributed by atoms with E-state index in [1.54, 1.807) is 48.5 Å². The highest BCUT2D eigenvalue weighted by molar-refractivity contribution is 8.26. The number of carboxylic acids is 1. The van der Waals surface area contributed by atoms with Gasteiger partial charge in [0.05, 0.1) is 24.3 Å². The summed E-state index contributed by atoms with van der Waals surface area (Å²) in [7, 11) is 1.52. The third kappa shape index (κ3) is 6.27. The zero-order valence-electron chi connectivity index (χ0n) is 18.4. The van der Waals surface area contributed by atoms with Crippen molar-refractivity contribution >= 4 is 57.8 Å². The van der Waals surface area contributed by atoms with Crippen LogP contribution in [-0.4, -0.2) is 59.0 Å². The van der Waals surface area contributed by atoms with Crippen molar-refractivity contribution in [2.45, 2.75) is 6.92 Å². The van der Waals surface area contributed by atoms with Crippen molar-refractivity contribution in [3.63, 3.8) is 0 Å². The van der Waals surface area contributed by atoms with E-state index in [9.17, 15) is 14.4 Å². The van der Waals surface area contributed by atoms with Crippen LogP contribution in [0.3, 0.4) is 0 Å². The molecule has 11 heteroatoms. The Labute approximate surface area is 205 Å². The van der Waals surface area contributed by atoms with Crippen LogP contribution in [0.4, 0.5) is 5.69 Å². The normalized spacial score (nSPS) is 14.3. The van der Waals surface area contributed by atoms with Gasteiger partial charge in [-0.15, -0.1) is 0 Å². The molecule has 1 aliphatic heterocycles. The van der Waals surface area contributed by atoms with E-state index in [0.29, 0.717) is 40.0 Å². The minimum Gasteiger partial charge on any atom is -0.495 e. The number of benzene rings is 2. The number of methoxy groups -OCH3 is 1. The minimum atomic E-state index is -1.15. The SMILES string of the molecule is CCOc1cc(/C=C2/SC(=S)N(CC(=O)O)C2=O)ccc1OCC(=O)Nc1ccccc1OC. The fourth-order valence-electron chi connectivity index (χ4n) is 3.00. The molecule has 0 radical (unpaired) electrons. The molecule has 3 rings (SSSR count). The average molecular weight is 503 g/mol. The fourth-order valence-corrected chi connectivity index (χ4v) is 4.26. The van der Waals surface area contributed by atoms with Crippen molar-refractivity contribution in [3.8, 4) is 17.2 Å². The molecular weight excluding hydrogens is 480 g/mol. The number of amides is 2. The Morgan fingerprint density at radius 2 is 1.91 bits per heavy atom. The molecule has 0 saturated carbocycles. The number of nitrogens with one attached hydrogen (secondary N) is 1. The van der Waals surface area contributed by atoms with E-state index < -0.39 is 18.4 Å². The first-order valence-electron chi connectivity index (χ1n) is 10.1. The average Bonchev–Trinajstić information content (AvgIpc) is 3.06. The number of thiocarbonyl (C=S) groups is 1. The molecule has 0 atom stereocenters. The Balaban J connectivity index is 1.71. The monoisotopic (exact) mass is 502 g/mol. The van der Waals surface area contributed by atoms with Crippen LogP contribution in [0, 0.1) is 0 Å². The molecule has 0 aliphatic carbocycles. The van der Waals surface area contributed by atoms with E-state index in [2.05, 4.69) is 5.32 Å². The van der Waals surface area contributed by atoms with Gasteiger partial charge in [0.25, 0.3) is 11.8 Å². The number of hydrogen-bond acceptors (Lipinski definition) is 8. The lowest BCUT2D eigenvalue weighted by Crippen LogP contribution is -2.33. The molecule has 2 amide bonds. The van der Waals surface area contributed by atoms with Gasteiger partial charge in [0.15, 0.2) is 18.1 Å². The maximum atomic E-state index is 12.5. The van der Waals surface area contributed by atoms with Crippen LogP contribution in [0.5, 0.6) is 17.2 Å². The van der Waals surface area contributed by atoms with Gasteiger partial charge in [0.1, 0.15) is 16.6 Å². The van der Waals surface area contributed by atoms with Gasteiger partial charge in [-0.05, 0) is 42.8 Å². The second-order valence-corrected chi connectivity index (χ2v) is 8.51. The van der Waals surface area contributed by atoms with Crippen molar-refractivity contribution < 1.29 is 33.7 Å². The van der Waals surface area contributed by atoms with Crippen LogP contribution in [0.2, 0.25) is 0 Å². The molecule has 2 N–H and O–H groups in total. The molecule has 9 nitrogen and oxygen atoms in total. The number of ether oxygens (including phenoxy) is 3. The second-order valence-electron chi connectivity index (χ2n) is 6.84. The number of carbonyl (C=O) groups excluding carboxylic acids is 2. The van der Waals surface area contributed by atoms with Gasteiger partial charge in [-0.25, -0.2) is 0 Å². The van der Waals surface area contributed by atoms with Crippen LogP contribution in [0.1, 0.15) is 12.5 Å². The lowest BCUT2D eigenvalue weighted by Gasteiger charge is -2.14. The topological polar surface area (TPSA) is 114 Å². The van der Waals surface area contributed by atoms with Crippen LogP contribution in [-0.2, 0) is 14.4 Å². The van der Waals surface area contributed by atoms with Crippen LogP contribution < -0.4 is 19.5 Å². The van der Waals surface area contributed by atoms with E-state index in [1.807, 2.05) is 6.92 Å². The predicted octanol–water partition coefficient (Wildman–Crippen LogP) is 3.40. The molecule has 0 unspecified atom stereocenters. The van der Waals surface area contributed by atoms with E-state index in [1.165, 1.54) is 7.11 Å². The fraction of sp³-hybridized carbons (Fsp3) is 0.217. The van der Waals surface area contributed by atoms with Crippen LogP contribution >= 0.6 is 24.0 Å². The summed E-state index contributed by atoms with van der Waals surface area (Å²) in [6.45, 7) is 1.41. The molecule has 0 aromatic heterocycles. The van der Waals surface area contributed by atoms with Crippen LogP contribution in [0.15, 0.2) is 47.4 Å². The molecule has 1 fully saturated rings. The Kier molecular flexibility index (Phi) is 8.50. The summed E-state index contributed by atoms with van der Waals surface area (Å²) in [6.07, 6.45) is 1.60. The second kappa shape index (κ2) is 11.5. The number of para-hydroxylation sites is 2. The summed E-state index contributed by atoms with van der Waals surface area (Å²) < 4.78 is 16.7. The van der Waals surface area contributed by atoms with E-state index >= 15 is 0 Å². The lowest BCUT2D eigenvalue weighted by atomic mass is 10.2. The number of hydrogen-bond donors (Lipinski definition) is 2. The molecular formula is C23H22N2O7S2.